The van der Waals surface area contributed by atoms with Crippen molar-refractivity contribution in [3.8, 4) is 0 Å². The van der Waals surface area contributed by atoms with E-state index in [-0.39, 0.29) is 47.1 Å². The number of carbonyl (C=O) groups excluding carboxylic acids is 1. The van der Waals surface area contributed by atoms with Crippen LogP contribution in [0.15, 0.2) is 16.6 Å². The first-order valence-electron chi connectivity index (χ1n) is 5.57. The highest BCUT2D eigenvalue weighted by Crippen LogP contribution is 2.35. The summed E-state index contributed by atoms with van der Waals surface area (Å²) in [5, 5.41) is 18.2. The largest absolute Gasteiger partial charge is 0.478 e. The maximum atomic E-state index is 13.3. The number of halogens is 2. The maximum absolute atomic E-state index is 13.3. The fourth-order valence-corrected chi connectivity index (χ4v) is 2.77. The SMILES string of the molecule is O=C(O)c1cc(F)cc(Br)c1N1CC(CO)CC1=O. The van der Waals surface area contributed by atoms with E-state index in [1.165, 1.54) is 4.90 Å². The summed E-state index contributed by atoms with van der Waals surface area (Å²) in [6.45, 7) is 0.0727. The van der Waals surface area contributed by atoms with Crippen LogP contribution in [0.4, 0.5) is 10.1 Å². The summed E-state index contributed by atoms with van der Waals surface area (Å²) in [5.74, 6) is -2.52. The first-order valence-corrected chi connectivity index (χ1v) is 6.37. The quantitative estimate of drug-likeness (QED) is 0.882. The number of aromatic carboxylic acids is 1. The summed E-state index contributed by atoms with van der Waals surface area (Å²) < 4.78 is 13.5. The molecule has 1 atom stereocenters. The van der Waals surface area contributed by atoms with Crippen molar-refractivity contribution >= 4 is 33.5 Å². The molecular weight excluding hydrogens is 321 g/mol. The second-order valence-corrected chi connectivity index (χ2v) is 5.20. The molecule has 1 amide bonds. The standard InChI is InChI=1S/C12H11BrFNO4/c13-9-3-7(14)2-8(12(18)19)11(9)15-4-6(5-16)1-10(15)17/h2-3,6,16H,1,4-5H2,(H,18,19). The van der Waals surface area contributed by atoms with Gasteiger partial charge in [-0.25, -0.2) is 9.18 Å². The molecule has 2 N–H and O–H groups in total. The van der Waals surface area contributed by atoms with Gasteiger partial charge in [0.15, 0.2) is 0 Å². The van der Waals surface area contributed by atoms with Gasteiger partial charge in [-0.05, 0) is 28.1 Å². The highest BCUT2D eigenvalue weighted by Gasteiger charge is 2.33. The summed E-state index contributed by atoms with van der Waals surface area (Å²) in [4.78, 5) is 24.3. The average Bonchev–Trinajstić information content (AvgIpc) is 2.69. The van der Waals surface area contributed by atoms with Gasteiger partial charge in [0.1, 0.15) is 5.82 Å². The lowest BCUT2D eigenvalue weighted by molar-refractivity contribution is -0.117. The van der Waals surface area contributed by atoms with E-state index >= 15 is 0 Å². The van der Waals surface area contributed by atoms with Gasteiger partial charge in [0.25, 0.3) is 0 Å². The van der Waals surface area contributed by atoms with Crippen LogP contribution in [0.1, 0.15) is 16.8 Å². The molecule has 1 aliphatic rings. The molecule has 0 spiro atoms. The third-order valence-electron chi connectivity index (χ3n) is 2.99. The Morgan fingerprint density at radius 2 is 2.21 bits per heavy atom. The van der Waals surface area contributed by atoms with Crippen LogP contribution in [0.3, 0.4) is 0 Å². The highest BCUT2D eigenvalue weighted by atomic mass is 79.9. The monoisotopic (exact) mass is 331 g/mol. The summed E-state index contributed by atoms with van der Waals surface area (Å²) in [7, 11) is 0. The topological polar surface area (TPSA) is 77.8 Å². The second-order valence-electron chi connectivity index (χ2n) is 4.35. The number of benzene rings is 1. The number of hydrogen-bond acceptors (Lipinski definition) is 3. The summed E-state index contributed by atoms with van der Waals surface area (Å²) in [6, 6.07) is 1.99. The van der Waals surface area contributed by atoms with Gasteiger partial charge in [-0.1, -0.05) is 0 Å². The first-order chi connectivity index (χ1) is 8.93. The third kappa shape index (κ3) is 2.62. The zero-order valence-electron chi connectivity index (χ0n) is 9.77. The predicted octanol–water partition coefficient (Wildman–Crippen LogP) is 1.63. The van der Waals surface area contributed by atoms with Crippen LogP contribution in [-0.2, 0) is 4.79 Å². The molecule has 19 heavy (non-hydrogen) atoms. The molecule has 0 aromatic heterocycles. The normalized spacial score (nSPS) is 19.0. The van der Waals surface area contributed by atoms with Gasteiger partial charge >= 0.3 is 5.97 Å². The van der Waals surface area contributed by atoms with Gasteiger partial charge in [0.05, 0.1) is 11.3 Å². The fourth-order valence-electron chi connectivity index (χ4n) is 2.12. The number of carboxylic acid groups (broad SMARTS) is 1. The molecule has 1 unspecified atom stereocenters. The van der Waals surface area contributed by atoms with Crippen LogP contribution >= 0.6 is 15.9 Å². The van der Waals surface area contributed by atoms with Crippen molar-refractivity contribution in [2.45, 2.75) is 6.42 Å². The van der Waals surface area contributed by atoms with Crippen molar-refractivity contribution in [2.24, 2.45) is 5.92 Å². The van der Waals surface area contributed by atoms with Gasteiger partial charge < -0.3 is 15.1 Å². The summed E-state index contributed by atoms with van der Waals surface area (Å²) >= 11 is 3.09. The van der Waals surface area contributed by atoms with Gasteiger partial charge in [-0.3, -0.25) is 4.79 Å². The van der Waals surface area contributed by atoms with Crippen molar-refractivity contribution in [2.75, 3.05) is 18.1 Å². The number of carbonyl (C=O) groups is 2. The lowest BCUT2D eigenvalue weighted by Gasteiger charge is -2.20. The Balaban J connectivity index is 2.50. The minimum absolute atomic E-state index is 0.134. The Bertz CT molecular complexity index is 549. The minimum Gasteiger partial charge on any atom is -0.478 e. The number of anilines is 1. The van der Waals surface area contributed by atoms with Crippen molar-refractivity contribution < 1.29 is 24.2 Å². The van der Waals surface area contributed by atoms with Crippen LogP contribution in [0.2, 0.25) is 0 Å². The number of amides is 1. The highest BCUT2D eigenvalue weighted by molar-refractivity contribution is 9.10. The second kappa shape index (κ2) is 5.26. The minimum atomic E-state index is -1.31. The van der Waals surface area contributed by atoms with Crippen molar-refractivity contribution in [1.29, 1.82) is 0 Å². The lowest BCUT2D eigenvalue weighted by atomic mass is 10.1. The molecule has 1 fully saturated rings. The molecule has 5 nitrogen and oxygen atoms in total. The van der Waals surface area contributed by atoms with Crippen LogP contribution < -0.4 is 4.90 Å². The van der Waals surface area contributed by atoms with E-state index in [0.717, 1.165) is 12.1 Å². The number of aliphatic hydroxyl groups is 1. The molecule has 0 aliphatic carbocycles. The van der Waals surface area contributed by atoms with Crippen molar-refractivity contribution in [3.05, 3.63) is 28.0 Å². The molecule has 1 aromatic carbocycles. The maximum Gasteiger partial charge on any atom is 0.337 e. The molecule has 102 valence electrons. The van der Waals surface area contributed by atoms with E-state index in [0.29, 0.717) is 0 Å². The number of nitrogens with zero attached hydrogens (tertiary/aromatic N) is 1. The first kappa shape index (κ1) is 14.0. The molecule has 1 saturated heterocycles. The van der Waals surface area contributed by atoms with Crippen LogP contribution in [-0.4, -0.2) is 35.2 Å². The summed E-state index contributed by atoms with van der Waals surface area (Å²) in [6.07, 6.45) is 0.152. The number of carboxylic acids is 1. The number of aliphatic hydroxyl groups excluding tert-OH is 1. The zero-order chi connectivity index (χ0) is 14.2. The number of hydrogen-bond donors (Lipinski definition) is 2. The lowest BCUT2D eigenvalue weighted by Crippen LogP contribution is -2.27. The van der Waals surface area contributed by atoms with Gasteiger partial charge in [0, 0.05) is 30.0 Å². The number of rotatable bonds is 3. The van der Waals surface area contributed by atoms with Gasteiger partial charge in [-0.2, -0.15) is 0 Å². The molecule has 0 saturated carbocycles. The van der Waals surface area contributed by atoms with Crippen LogP contribution in [0.25, 0.3) is 0 Å². The molecule has 0 radical (unpaired) electrons. The Morgan fingerprint density at radius 3 is 2.74 bits per heavy atom. The molecular formula is C12H11BrFNO4. The molecule has 1 aromatic rings. The predicted molar refractivity (Wildman–Crippen MR) is 68.6 cm³/mol. The van der Waals surface area contributed by atoms with E-state index in [4.69, 9.17) is 10.2 Å². The Kier molecular flexibility index (Phi) is 3.86. The van der Waals surface area contributed by atoms with Gasteiger partial charge in [-0.15, -0.1) is 0 Å². The van der Waals surface area contributed by atoms with E-state index < -0.39 is 11.8 Å². The zero-order valence-corrected chi connectivity index (χ0v) is 11.4. The van der Waals surface area contributed by atoms with E-state index in [1.807, 2.05) is 0 Å². The van der Waals surface area contributed by atoms with Crippen LogP contribution in [0.5, 0.6) is 0 Å². The Labute approximate surface area is 116 Å². The Morgan fingerprint density at radius 1 is 1.53 bits per heavy atom. The van der Waals surface area contributed by atoms with Crippen molar-refractivity contribution in [1.82, 2.24) is 0 Å². The Hall–Kier alpha value is -1.47. The van der Waals surface area contributed by atoms with Crippen molar-refractivity contribution in [3.63, 3.8) is 0 Å². The van der Waals surface area contributed by atoms with E-state index in [1.54, 1.807) is 0 Å². The van der Waals surface area contributed by atoms with Crippen LogP contribution in [0, 0.1) is 11.7 Å². The molecule has 1 heterocycles. The fraction of sp³-hybridized carbons (Fsp3) is 0.333. The molecule has 0 bridgehead atoms. The van der Waals surface area contributed by atoms with E-state index in [9.17, 15) is 14.0 Å². The average molecular weight is 332 g/mol. The molecule has 2 rings (SSSR count). The van der Waals surface area contributed by atoms with Gasteiger partial charge in [0.2, 0.25) is 5.91 Å². The molecule has 7 heteroatoms. The van der Waals surface area contributed by atoms with E-state index in [2.05, 4.69) is 15.9 Å². The third-order valence-corrected chi connectivity index (χ3v) is 3.60. The summed E-state index contributed by atoms with van der Waals surface area (Å²) in [5.41, 5.74) is -0.145. The smallest absolute Gasteiger partial charge is 0.337 e. The molecule has 1 aliphatic heterocycles.